The standard InChI is InChI=1S/C12H11FN2O3/c13-8-1-2-9-7(5-8)6-10(15-9)12(18)14-4-3-11(16)17/h1-2,5-6,15H,3-4H2,(H,14,18)(H,16,17). The predicted octanol–water partition coefficient (Wildman–Crippen LogP) is 1.51. The third-order valence-electron chi connectivity index (χ3n) is 2.45. The van der Waals surface area contributed by atoms with Crippen molar-refractivity contribution in [3.05, 3.63) is 35.8 Å². The minimum absolute atomic E-state index is 0.0535. The van der Waals surface area contributed by atoms with Crippen LogP contribution in [0.25, 0.3) is 10.9 Å². The molecule has 0 fully saturated rings. The molecule has 1 heterocycles. The highest BCUT2D eigenvalue weighted by molar-refractivity contribution is 5.98. The Labute approximate surface area is 102 Å². The number of benzene rings is 1. The first-order valence-corrected chi connectivity index (χ1v) is 5.34. The minimum Gasteiger partial charge on any atom is -0.481 e. The van der Waals surface area contributed by atoms with Crippen molar-refractivity contribution < 1.29 is 19.1 Å². The van der Waals surface area contributed by atoms with E-state index in [1.54, 1.807) is 6.07 Å². The summed E-state index contributed by atoms with van der Waals surface area (Å²) in [6.45, 7) is 0.0535. The maximum Gasteiger partial charge on any atom is 0.305 e. The molecule has 1 aromatic heterocycles. The first kappa shape index (κ1) is 12.1. The highest BCUT2D eigenvalue weighted by atomic mass is 19.1. The van der Waals surface area contributed by atoms with Crippen molar-refractivity contribution in [2.24, 2.45) is 0 Å². The summed E-state index contributed by atoms with van der Waals surface area (Å²) in [4.78, 5) is 24.8. The predicted molar refractivity (Wildman–Crippen MR) is 62.8 cm³/mol. The zero-order valence-electron chi connectivity index (χ0n) is 9.37. The molecule has 0 aliphatic heterocycles. The minimum atomic E-state index is -0.978. The maximum absolute atomic E-state index is 13.0. The van der Waals surface area contributed by atoms with Crippen LogP contribution in [0.4, 0.5) is 4.39 Å². The van der Waals surface area contributed by atoms with Gasteiger partial charge in [-0.05, 0) is 24.3 Å². The van der Waals surface area contributed by atoms with Gasteiger partial charge < -0.3 is 15.4 Å². The average molecular weight is 250 g/mol. The molecule has 0 saturated heterocycles. The number of hydrogen-bond acceptors (Lipinski definition) is 2. The summed E-state index contributed by atoms with van der Waals surface area (Å²) in [5, 5.41) is 11.5. The van der Waals surface area contributed by atoms with Crippen molar-refractivity contribution in [1.82, 2.24) is 10.3 Å². The number of aromatic nitrogens is 1. The summed E-state index contributed by atoms with van der Waals surface area (Å²) in [5.41, 5.74) is 0.931. The summed E-state index contributed by atoms with van der Waals surface area (Å²) in [6, 6.07) is 5.68. The van der Waals surface area contributed by atoms with E-state index in [0.717, 1.165) is 0 Å². The molecule has 0 aliphatic carbocycles. The van der Waals surface area contributed by atoms with E-state index in [-0.39, 0.29) is 24.5 Å². The fourth-order valence-electron chi connectivity index (χ4n) is 1.60. The van der Waals surface area contributed by atoms with Crippen LogP contribution in [-0.2, 0) is 4.79 Å². The van der Waals surface area contributed by atoms with Crippen LogP contribution in [0.3, 0.4) is 0 Å². The van der Waals surface area contributed by atoms with Crippen LogP contribution >= 0.6 is 0 Å². The summed E-state index contributed by atoms with van der Waals surface area (Å²) in [6.07, 6.45) is -0.138. The van der Waals surface area contributed by atoms with Gasteiger partial charge in [-0.2, -0.15) is 0 Å². The van der Waals surface area contributed by atoms with Gasteiger partial charge in [0.2, 0.25) is 0 Å². The number of rotatable bonds is 4. The molecule has 0 atom stereocenters. The van der Waals surface area contributed by atoms with Gasteiger partial charge in [-0.25, -0.2) is 4.39 Å². The molecule has 2 aromatic rings. The van der Waals surface area contributed by atoms with Crippen molar-refractivity contribution in [1.29, 1.82) is 0 Å². The van der Waals surface area contributed by atoms with Crippen molar-refractivity contribution in [3.63, 3.8) is 0 Å². The molecule has 0 saturated carbocycles. The number of carbonyl (C=O) groups is 2. The Morgan fingerprint density at radius 1 is 1.33 bits per heavy atom. The topological polar surface area (TPSA) is 82.2 Å². The van der Waals surface area contributed by atoms with Gasteiger partial charge in [0.05, 0.1) is 6.42 Å². The lowest BCUT2D eigenvalue weighted by Gasteiger charge is -2.00. The van der Waals surface area contributed by atoms with Crippen LogP contribution in [0.1, 0.15) is 16.9 Å². The van der Waals surface area contributed by atoms with Gasteiger partial charge in [0.25, 0.3) is 5.91 Å². The molecule has 18 heavy (non-hydrogen) atoms. The molecule has 0 bridgehead atoms. The Kier molecular flexibility index (Phi) is 3.27. The van der Waals surface area contributed by atoms with E-state index in [1.165, 1.54) is 18.2 Å². The quantitative estimate of drug-likeness (QED) is 0.769. The zero-order chi connectivity index (χ0) is 13.1. The number of H-pyrrole nitrogens is 1. The second-order valence-corrected chi connectivity index (χ2v) is 3.81. The monoisotopic (exact) mass is 250 g/mol. The maximum atomic E-state index is 13.0. The van der Waals surface area contributed by atoms with Crippen LogP contribution in [0, 0.1) is 5.82 Å². The second kappa shape index (κ2) is 4.87. The number of aliphatic carboxylic acids is 1. The van der Waals surface area contributed by atoms with Gasteiger partial charge in [-0.1, -0.05) is 0 Å². The largest absolute Gasteiger partial charge is 0.481 e. The van der Waals surface area contributed by atoms with Crippen molar-refractivity contribution >= 4 is 22.8 Å². The number of amides is 1. The molecule has 0 unspecified atom stereocenters. The smallest absolute Gasteiger partial charge is 0.305 e. The van der Waals surface area contributed by atoms with Crippen molar-refractivity contribution in [2.75, 3.05) is 6.54 Å². The van der Waals surface area contributed by atoms with Crippen LogP contribution < -0.4 is 5.32 Å². The molecular formula is C12H11FN2O3. The third-order valence-corrected chi connectivity index (χ3v) is 2.45. The van der Waals surface area contributed by atoms with Crippen molar-refractivity contribution in [2.45, 2.75) is 6.42 Å². The van der Waals surface area contributed by atoms with E-state index in [0.29, 0.717) is 10.9 Å². The summed E-state index contributed by atoms with van der Waals surface area (Å²) < 4.78 is 13.0. The fraction of sp³-hybridized carbons (Fsp3) is 0.167. The normalized spacial score (nSPS) is 10.5. The molecule has 3 N–H and O–H groups in total. The average Bonchev–Trinajstić information content (AvgIpc) is 2.71. The Bertz CT molecular complexity index is 606. The number of hydrogen-bond donors (Lipinski definition) is 3. The summed E-state index contributed by atoms with van der Waals surface area (Å²) in [7, 11) is 0. The van der Waals surface area contributed by atoms with Gasteiger partial charge in [-0.15, -0.1) is 0 Å². The van der Waals surface area contributed by atoms with Gasteiger partial charge in [0.15, 0.2) is 0 Å². The Morgan fingerprint density at radius 2 is 2.11 bits per heavy atom. The molecule has 0 spiro atoms. The Hall–Kier alpha value is -2.37. The van der Waals surface area contributed by atoms with Gasteiger partial charge in [0, 0.05) is 17.4 Å². The highest BCUT2D eigenvalue weighted by Gasteiger charge is 2.09. The van der Waals surface area contributed by atoms with E-state index in [1.807, 2.05) is 0 Å². The van der Waals surface area contributed by atoms with Gasteiger partial charge in [-0.3, -0.25) is 9.59 Å². The summed E-state index contributed by atoms with van der Waals surface area (Å²) in [5.74, 6) is -1.76. The first-order valence-electron chi connectivity index (χ1n) is 5.34. The molecule has 5 nitrogen and oxygen atoms in total. The molecule has 0 radical (unpaired) electrons. The van der Waals surface area contributed by atoms with E-state index in [2.05, 4.69) is 10.3 Å². The number of carbonyl (C=O) groups excluding carboxylic acids is 1. The fourth-order valence-corrected chi connectivity index (χ4v) is 1.60. The number of aromatic amines is 1. The van der Waals surface area contributed by atoms with Crippen molar-refractivity contribution in [3.8, 4) is 0 Å². The molecule has 1 amide bonds. The lowest BCUT2D eigenvalue weighted by molar-refractivity contribution is -0.136. The molecule has 6 heteroatoms. The number of carboxylic acid groups (broad SMARTS) is 1. The van der Waals surface area contributed by atoms with E-state index >= 15 is 0 Å². The molecular weight excluding hydrogens is 239 g/mol. The van der Waals surface area contributed by atoms with Crippen LogP contribution in [0.15, 0.2) is 24.3 Å². The highest BCUT2D eigenvalue weighted by Crippen LogP contribution is 2.16. The first-order chi connectivity index (χ1) is 8.56. The van der Waals surface area contributed by atoms with Crippen LogP contribution in [-0.4, -0.2) is 28.5 Å². The lowest BCUT2D eigenvalue weighted by atomic mass is 10.2. The summed E-state index contributed by atoms with van der Waals surface area (Å²) >= 11 is 0. The molecule has 1 aromatic carbocycles. The molecule has 0 aliphatic rings. The second-order valence-electron chi connectivity index (χ2n) is 3.81. The lowest BCUT2D eigenvalue weighted by Crippen LogP contribution is -2.26. The van der Waals surface area contributed by atoms with Gasteiger partial charge in [0.1, 0.15) is 11.5 Å². The van der Waals surface area contributed by atoms with E-state index in [9.17, 15) is 14.0 Å². The SMILES string of the molecule is O=C(O)CCNC(=O)c1cc2cc(F)ccc2[nH]1. The molecule has 2 rings (SSSR count). The number of nitrogens with one attached hydrogen (secondary N) is 2. The molecule has 94 valence electrons. The number of halogens is 1. The Balaban J connectivity index is 2.10. The van der Waals surface area contributed by atoms with Crippen LogP contribution in [0.5, 0.6) is 0 Å². The Morgan fingerprint density at radius 3 is 2.83 bits per heavy atom. The van der Waals surface area contributed by atoms with Gasteiger partial charge >= 0.3 is 5.97 Å². The zero-order valence-corrected chi connectivity index (χ0v) is 9.37. The number of fused-ring (bicyclic) bond motifs is 1. The van der Waals surface area contributed by atoms with E-state index < -0.39 is 11.9 Å². The number of carboxylic acids is 1. The third kappa shape index (κ3) is 2.65. The van der Waals surface area contributed by atoms with Crippen LogP contribution in [0.2, 0.25) is 0 Å². The van der Waals surface area contributed by atoms with E-state index in [4.69, 9.17) is 5.11 Å².